The van der Waals surface area contributed by atoms with Gasteiger partial charge in [-0.1, -0.05) is 6.07 Å². The Balaban J connectivity index is 2.16. The summed E-state index contributed by atoms with van der Waals surface area (Å²) in [7, 11) is 0. The van der Waals surface area contributed by atoms with Crippen LogP contribution in [0, 0.1) is 19.7 Å². The van der Waals surface area contributed by atoms with Crippen molar-refractivity contribution in [2.75, 3.05) is 5.32 Å². The number of benzene rings is 1. The minimum absolute atomic E-state index is 0.196. The predicted octanol–water partition coefficient (Wildman–Crippen LogP) is 4.68. The lowest BCUT2D eigenvalue weighted by Crippen LogP contribution is -2.06. The summed E-state index contributed by atoms with van der Waals surface area (Å²) in [5.74, 6) is -0.208. The standard InChI is InChI=1S/C14H16FNS/c1-9-7-14(11(3)17-9)10(2)16-13-6-4-5-12(15)8-13/h4-8,10,16H,1-3H3. The van der Waals surface area contributed by atoms with E-state index in [0.29, 0.717) is 0 Å². The highest BCUT2D eigenvalue weighted by atomic mass is 32.1. The Hall–Kier alpha value is -1.35. The first kappa shape index (κ1) is 12.1. The monoisotopic (exact) mass is 249 g/mol. The van der Waals surface area contributed by atoms with Crippen molar-refractivity contribution in [2.45, 2.75) is 26.8 Å². The maximum absolute atomic E-state index is 13.1. The fraction of sp³-hybridized carbons (Fsp3) is 0.286. The van der Waals surface area contributed by atoms with E-state index >= 15 is 0 Å². The van der Waals surface area contributed by atoms with Crippen LogP contribution >= 0.6 is 11.3 Å². The van der Waals surface area contributed by atoms with E-state index in [1.165, 1.54) is 27.5 Å². The Morgan fingerprint density at radius 2 is 2.00 bits per heavy atom. The van der Waals surface area contributed by atoms with Crippen molar-refractivity contribution in [2.24, 2.45) is 0 Å². The summed E-state index contributed by atoms with van der Waals surface area (Å²) >= 11 is 1.80. The number of anilines is 1. The molecule has 0 fully saturated rings. The lowest BCUT2D eigenvalue weighted by molar-refractivity contribution is 0.628. The molecule has 0 aliphatic rings. The highest BCUT2D eigenvalue weighted by molar-refractivity contribution is 7.12. The van der Waals surface area contributed by atoms with E-state index in [2.05, 4.69) is 32.2 Å². The number of hydrogen-bond donors (Lipinski definition) is 1. The highest BCUT2D eigenvalue weighted by Crippen LogP contribution is 2.28. The first-order valence-corrected chi connectivity index (χ1v) is 6.47. The average molecular weight is 249 g/mol. The van der Waals surface area contributed by atoms with Gasteiger partial charge in [0.15, 0.2) is 0 Å². The molecule has 0 radical (unpaired) electrons. The molecule has 1 nitrogen and oxygen atoms in total. The summed E-state index contributed by atoms with van der Waals surface area (Å²) in [5, 5.41) is 3.32. The molecule has 1 unspecified atom stereocenters. The van der Waals surface area contributed by atoms with Crippen LogP contribution in [0.5, 0.6) is 0 Å². The van der Waals surface area contributed by atoms with Gasteiger partial charge in [0.25, 0.3) is 0 Å². The van der Waals surface area contributed by atoms with E-state index in [1.807, 2.05) is 6.07 Å². The Bertz CT molecular complexity index is 519. The van der Waals surface area contributed by atoms with Gasteiger partial charge in [0, 0.05) is 21.5 Å². The van der Waals surface area contributed by atoms with Gasteiger partial charge in [-0.3, -0.25) is 0 Å². The summed E-state index contributed by atoms with van der Waals surface area (Å²) in [4.78, 5) is 2.63. The molecule has 17 heavy (non-hydrogen) atoms. The lowest BCUT2D eigenvalue weighted by Gasteiger charge is -2.15. The van der Waals surface area contributed by atoms with Crippen LogP contribution in [0.1, 0.15) is 28.3 Å². The van der Waals surface area contributed by atoms with Gasteiger partial charge < -0.3 is 5.32 Å². The van der Waals surface area contributed by atoms with E-state index in [0.717, 1.165) is 5.69 Å². The SMILES string of the molecule is Cc1cc(C(C)Nc2cccc(F)c2)c(C)s1. The van der Waals surface area contributed by atoms with Gasteiger partial charge in [-0.2, -0.15) is 0 Å². The van der Waals surface area contributed by atoms with Crippen molar-refractivity contribution in [3.8, 4) is 0 Å². The van der Waals surface area contributed by atoms with E-state index in [1.54, 1.807) is 17.4 Å². The van der Waals surface area contributed by atoms with Gasteiger partial charge in [0.1, 0.15) is 5.82 Å². The minimum atomic E-state index is -0.208. The Morgan fingerprint density at radius 1 is 1.24 bits per heavy atom. The molecule has 0 spiro atoms. The zero-order chi connectivity index (χ0) is 12.4. The van der Waals surface area contributed by atoms with Gasteiger partial charge in [-0.05, 0) is 50.6 Å². The largest absolute Gasteiger partial charge is 0.378 e. The van der Waals surface area contributed by atoms with Gasteiger partial charge in [-0.15, -0.1) is 11.3 Å². The van der Waals surface area contributed by atoms with E-state index in [4.69, 9.17) is 0 Å². The van der Waals surface area contributed by atoms with Crippen LogP contribution in [0.3, 0.4) is 0 Å². The maximum Gasteiger partial charge on any atom is 0.125 e. The highest BCUT2D eigenvalue weighted by Gasteiger charge is 2.11. The summed E-state index contributed by atoms with van der Waals surface area (Å²) in [6.45, 7) is 6.33. The molecule has 0 aliphatic heterocycles. The molecule has 1 aromatic heterocycles. The third-order valence-corrected chi connectivity index (χ3v) is 3.74. The second-order valence-electron chi connectivity index (χ2n) is 4.24. The third kappa shape index (κ3) is 2.86. The van der Waals surface area contributed by atoms with Crippen LogP contribution in [0.25, 0.3) is 0 Å². The molecular formula is C14H16FNS. The molecule has 2 aromatic rings. The molecule has 3 heteroatoms. The molecular weight excluding hydrogens is 233 g/mol. The normalized spacial score (nSPS) is 12.5. The zero-order valence-electron chi connectivity index (χ0n) is 10.3. The third-order valence-electron chi connectivity index (χ3n) is 2.75. The molecule has 0 saturated heterocycles. The van der Waals surface area contributed by atoms with Crippen LogP contribution in [0.15, 0.2) is 30.3 Å². The first-order chi connectivity index (χ1) is 8.06. The van der Waals surface area contributed by atoms with Gasteiger partial charge >= 0.3 is 0 Å². The number of hydrogen-bond acceptors (Lipinski definition) is 2. The van der Waals surface area contributed by atoms with Gasteiger partial charge in [0.05, 0.1) is 0 Å². The zero-order valence-corrected chi connectivity index (χ0v) is 11.1. The quantitative estimate of drug-likeness (QED) is 0.833. The second kappa shape index (κ2) is 4.88. The summed E-state index contributed by atoms with van der Waals surface area (Å²) in [6.07, 6.45) is 0. The summed E-state index contributed by atoms with van der Waals surface area (Å²) < 4.78 is 13.1. The summed E-state index contributed by atoms with van der Waals surface area (Å²) in [5.41, 5.74) is 2.11. The smallest absolute Gasteiger partial charge is 0.125 e. The molecule has 1 N–H and O–H groups in total. The molecule has 0 saturated carbocycles. The number of thiophene rings is 1. The number of aryl methyl sites for hydroxylation is 2. The molecule has 0 bridgehead atoms. The average Bonchev–Trinajstić information content (AvgIpc) is 2.58. The lowest BCUT2D eigenvalue weighted by atomic mass is 10.1. The van der Waals surface area contributed by atoms with Crippen molar-refractivity contribution in [3.05, 3.63) is 51.5 Å². The molecule has 0 amide bonds. The van der Waals surface area contributed by atoms with Crippen molar-refractivity contribution < 1.29 is 4.39 Å². The Kier molecular flexibility index (Phi) is 3.48. The fourth-order valence-electron chi connectivity index (χ4n) is 1.99. The van der Waals surface area contributed by atoms with E-state index in [9.17, 15) is 4.39 Å². The Labute approximate surface area is 105 Å². The van der Waals surface area contributed by atoms with Crippen molar-refractivity contribution in [1.29, 1.82) is 0 Å². The van der Waals surface area contributed by atoms with E-state index < -0.39 is 0 Å². The van der Waals surface area contributed by atoms with Gasteiger partial charge in [-0.25, -0.2) is 4.39 Å². The van der Waals surface area contributed by atoms with Crippen LogP contribution in [0.4, 0.5) is 10.1 Å². The number of halogens is 1. The molecule has 1 heterocycles. The topological polar surface area (TPSA) is 12.0 Å². The fourth-order valence-corrected chi connectivity index (χ4v) is 3.01. The van der Waals surface area contributed by atoms with Crippen LogP contribution in [-0.2, 0) is 0 Å². The molecule has 1 atom stereocenters. The first-order valence-electron chi connectivity index (χ1n) is 5.65. The van der Waals surface area contributed by atoms with E-state index in [-0.39, 0.29) is 11.9 Å². The maximum atomic E-state index is 13.1. The number of nitrogens with one attached hydrogen (secondary N) is 1. The number of rotatable bonds is 3. The van der Waals surface area contributed by atoms with Crippen LogP contribution < -0.4 is 5.32 Å². The van der Waals surface area contributed by atoms with Crippen molar-refractivity contribution in [1.82, 2.24) is 0 Å². The predicted molar refractivity (Wildman–Crippen MR) is 72.2 cm³/mol. The molecule has 90 valence electrons. The van der Waals surface area contributed by atoms with Gasteiger partial charge in [0.2, 0.25) is 0 Å². The minimum Gasteiger partial charge on any atom is -0.378 e. The molecule has 0 aliphatic carbocycles. The van der Waals surface area contributed by atoms with Crippen LogP contribution in [0.2, 0.25) is 0 Å². The van der Waals surface area contributed by atoms with Crippen LogP contribution in [-0.4, -0.2) is 0 Å². The van der Waals surface area contributed by atoms with Crippen molar-refractivity contribution in [3.63, 3.8) is 0 Å². The second-order valence-corrected chi connectivity index (χ2v) is 5.71. The van der Waals surface area contributed by atoms with Crippen molar-refractivity contribution >= 4 is 17.0 Å². The molecule has 2 rings (SSSR count). The summed E-state index contributed by atoms with van der Waals surface area (Å²) in [6, 6.07) is 8.96. The Morgan fingerprint density at radius 3 is 2.59 bits per heavy atom. The molecule has 1 aromatic carbocycles.